The van der Waals surface area contributed by atoms with Crippen LogP contribution in [0.15, 0.2) is 65.6 Å². The number of rotatable bonds is 8. The van der Waals surface area contributed by atoms with Crippen molar-refractivity contribution in [3.63, 3.8) is 0 Å². The highest BCUT2D eigenvalue weighted by Gasteiger charge is 2.24. The molecule has 0 aliphatic heterocycles. The number of aryl methyl sites for hydroxylation is 1. The molecule has 0 saturated carbocycles. The van der Waals surface area contributed by atoms with E-state index in [1.807, 2.05) is 0 Å². The molecule has 1 unspecified atom stereocenters. The van der Waals surface area contributed by atoms with Crippen molar-refractivity contribution in [2.24, 2.45) is 0 Å². The van der Waals surface area contributed by atoms with Gasteiger partial charge in [-0.1, -0.05) is 12.1 Å². The number of hydrogen-bond donors (Lipinski definition) is 1. The molecular formula is C23H20F3NO5S. The van der Waals surface area contributed by atoms with Crippen molar-refractivity contribution < 1.29 is 36.2 Å². The van der Waals surface area contributed by atoms with E-state index in [0.29, 0.717) is 11.6 Å². The largest absolute Gasteiger partial charge is 0.478 e. The minimum atomic E-state index is -3.87. The molecule has 6 nitrogen and oxygen atoms in total. The molecular weight excluding hydrogens is 459 g/mol. The van der Waals surface area contributed by atoms with E-state index in [2.05, 4.69) is 0 Å². The van der Waals surface area contributed by atoms with Gasteiger partial charge in [0.2, 0.25) is 16.1 Å². The van der Waals surface area contributed by atoms with Crippen LogP contribution in [0.5, 0.6) is 5.75 Å². The first-order chi connectivity index (χ1) is 15.5. The summed E-state index contributed by atoms with van der Waals surface area (Å²) in [4.78, 5) is 11.5. The number of benzene rings is 3. The molecule has 0 amide bonds. The summed E-state index contributed by atoms with van der Waals surface area (Å²) in [5, 5.41) is 9.41. The molecule has 1 N–H and O–H groups in total. The summed E-state index contributed by atoms with van der Waals surface area (Å²) >= 11 is 0. The average Bonchev–Trinajstić information content (AvgIpc) is 2.74. The summed E-state index contributed by atoms with van der Waals surface area (Å²) in [6.45, 7) is 1.45. The van der Waals surface area contributed by atoms with Crippen molar-refractivity contribution in [3.05, 3.63) is 94.8 Å². The first kappa shape index (κ1) is 24.3. The molecule has 1 atom stereocenters. The second kappa shape index (κ2) is 9.63. The standard InChI is InChI=1S/C23H20F3NO5S/c1-14-9-20(7-8-21(14)26)33(30,31)27(2)13-15-3-5-19(6-4-15)32-22(23(28)29)16-10-17(24)12-18(25)11-16/h3-12,22H,13H2,1-2H3,(H,28,29). The predicted octanol–water partition coefficient (Wildman–Crippen LogP) is 4.44. The third kappa shape index (κ3) is 5.71. The van der Waals surface area contributed by atoms with Crippen molar-refractivity contribution >= 4 is 16.0 Å². The zero-order valence-electron chi connectivity index (χ0n) is 17.6. The quantitative estimate of drug-likeness (QED) is 0.517. The highest BCUT2D eigenvalue weighted by atomic mass is 32.2. The number of nitrogens with zero attached hydrogens (tertiary/aromatic N) is 1. The van der Waals surface area contributed by atoms with Gasteiger partial charge < -0.3 is 9.84 Å². The Bertz CT molecular complexity index is 1260. The highest BCUT2D eigenvalue weighted by molar-refractivity contribution is 7.89. The van der Waals surface area contributed by atoms with Gasteiger partial charge in [0, 0.05) is 25.2 Å². The fourth-order valence-electron chi connectivity index (χ4n) is 3.10. The summed E-state index contributed by atoms with van der Waals surface area (Å²) in [5.41, 5.74) is 0.567. The van der Waals surface area contributed by atoms with Crippen LogP contribution in [0.4, 0.5) is 13.2 Å². The Morgan fingerprint density at radius 2 is 1.61 bits per heavy atom. The normalized spacial score (nSPS) is 12.5. The Morgan fingerprint density at radius 1 is 1.00 bits per heavy atom. The lowest BCUT2D eigenvalue weighted by atomic mass is 10.1. The number of sulfonamides is 1. The Labute approximate surface area is 188 Å². The van der Waals surface area contributed by atoms with E-state index in [1.165, 1.54) is 50.4 Å². The summed E-state index contributed by atoms with van der Waals surface area (Å²) in [7, 11) is -2.50. The molecule has 0 aliphatic carbocycles. The van der Waals surface area contributed by atoms with E-state index >= 15 is 0 Å². The number of carboxylic acids is 1. The monoisotopic (exact) mass is 479 g/mol. The van der Waals surface area contributed by atoms with Crippen LogP contribution in [0.2, 0.25) is 0 Å². The molecule has 0 aromatic heterocycles. The molecule has 3 aromatic carbocycles. The van der Waals surface area contributed by atoms with Crippen molar-refractivity contribution in [1.29, 1.82) is 0 Å². The fourth-order valence-corrected chi connectivity index (χ4v) is 4.34. The summed E-state index contributed by atoms with van der Waals surface area (Å²) in [5.74, 6) is -3.71. The van der Waals surface area contributed by atoms with E-state index in [-0.39, 0.29) is 28.3 Å². The smallest absolute Gasteiger partial charge is 0.349 e. The van der Waals surface area contributed by atoms with Gasteiger partial charge in [-0.2, -0.15) is 4.31 Å². The molecule has 0 saturated heterocycles. The third-order valence-corrected chi connectivity index (χ3v) is 6.63. The van der Waals surface area contributed by atoms with Crippen LogP contribution in [0.3, 0.4) is 0 Å². The lowest BCUT2D eigenvalue weighted by Crippen LogP contribution is -2.26. The van der Waals surface area contributed by atoms with Gasteiger partial charge in [0.25, 0.3) is 0 Å². The second-order valence-electron chi connectivity index (χ2n) is 7.35. The molecule has 0 radical (unpaired) electrons. The van der Waals surface area contributed by atoms with Crippen molar-refractivity contribution in [2.75, 3.05) is 7.05 Å². The summed E-state index contributed by atoms with van der Waals surface area (Å²) < 4.78 is 72.4. The molecule has 0 bridgehead atoms. The summed E-state index contributed by atoms with van der Waals surface area (Å²) in [6.07, 6.45) is -1.65. The maximum Gasteiger partial charge on any atom is 0.349 e. The Morgan fingerprint density at radius 3 is 2.15 bits per heavy atom. The molecule has 10 heteroatoms. The molecule has 3 rings (SSSR count). The van der Waals surface area contributed by atoms with Gasteiger partial charge in [0.1, 0.15) is 23.2 Å². The van der Waals surface area contributed by atoms with Crippen molar-refractivity contribution in [3.8, 4) is 5.75 Å². The van der Waals surface area contributed by atoms with E-state index in [4.69, 9.17) is 4.74 Å². The number of ether oxygens (including phenoxy) is 1. The second-order valence-corrected chi connectivity index (χ2v) is 9.40. The maximum atomic E-state index is 13.5. The van der Waals surface area contributed by atoms with Crippen LogP contribution in [0.1, 0.15) is 22.8 Å². The van der Waals surface area contributed by atoms with Crippen LogP contribution in [0.25, 0.3) is 0 Å². The Hall–Kier alpha value is -3.37. The summed E-state index contributed by atoms with van der Waals surface area (Å²) in [6, 6.07) is 11.8. The molecule has 0 aliphatic rings. The zero-order chi connectivity index (χ0) is 24.3. The van der Waals surface area contributed by atoms with Crippen LogP contribution >= 0.6 is 0 Å². The minimum Gasteiger partial charge on any atom is -0.478 e. The lowest BCUT2D eigenvalue weighted by molar-refractivity contribution is -0.145. The van der Waals surface area contributed by atoms with Crippen LogP contribution in [-0.2, 0) is 21.4 Å². The van der Waals surface area contributed by atoms with E-state index in [1.54, 1.807) is 0 Å². The van der Waals surface area contributed by atoms with Gasteiger partial charge in [-0.05, 0) is 60.5 Å². The van der Waals surface area contributed by atoms with E-state index < -0.39 is 39.5 Å². The first-order valence-electron chi connectivity index (χ1n) is 9.64. The van der Waals surface area contributed by atoms with Crippen molar-refractivity contribution in [1.82, 2.24) is 4.31 Å². The fraction of sp³-hybridized carbons (Fsp3) is 0.174. The number of carbonyl (C=O) groups is 1. The Balaban J connectivity index is 1.75. The van der Waals surface area contributed by atoms with Gasteiger partial charge >= 0.3 is 5.97 Å². The molecule has 174 valence electrons. The van der Waals surface area contributed by atoms with Crippen LogP contribution in [-0.4, -0.2) is 30.8 Å². The van der Waals surface area contributed by atoms with Gasteiger partial charge in [0.15, 0.2) is 0 Å². The SMILES string of the molecule is Cc1cc(S(=O)(=O)N(C)Cc2ccc(OC(C(=O)O)c3cc(F)cc(F)c3)cc2)ccc1F. The highest BCUT2D eigenvalue weighted by Crippen LogP contribution is 2.25. The number of carboxylic acid groups (broad SMARTS) is 1. The van der Waals surface area contributed by atoms with Gasteiger partial charge in [-0.15, -0.1) is 0 Å². The zero-order valence-corrected chi connectivity index (χ0v) is 18.4. The number of halogens is 3. The van der Waals surface area contributed by atoms with Crippen LogP contribution in [0, 0.1) is 24.4 Å². The topological polar surface area (TPSA) is 83.9 Å². The Kier molecular flexibility index (Phi) is 7.09. The minimum absolute atomic E-state index is 0.0174. The van der Waals surface area contributed by atoms with E-state index in [0.717, 1.165) is 22.5 Å². The van der Waals surface area contributed by atoms with Gasteiger partial charge in [-0.25, -0.2) is 26.4 Å². The average molecular weight is 479 g/mol. The molecule has 0 spiro atoms. The predicted molar refractivity (Wildman–Crippen MR) is 114 cm³/mol. The first-order valence-corrected chi connectivity index (χ1v) is 11.1. The van der Waals surface area contributed by atoms with Gasteiger partial charge in [-0.3, -0.25) is 0 Å². The van der Waals surface area contributed by atoms with Gasteiger partial charge in [0.05, 0.1) is 4.90 Å². The number of aliphatic carboxylic acids is 1. The molecule has 0 heterocycles. The van der Waals surface area contributed by atoms with Crippen molar-refractivity contribution in [2.45, 2.75) is 24.5 Å². The maximum absolute atomic E-state index is 13.5. The number of hydrogen-bond acceptors (Lipinski definition) is 4. The molecule has 3 aromatic rings. The molecule has 33 heavy (non-hydrogen) atoms. The molecule has 0 fully saturated rings. The van der Waals surface area contributed by atoms with E-state index in [9.17, 15) is 31.5 Å². The lowest BCUT2D eigenvalue weighted by Gasteiger charge is -2.19. The van der Waals surface area contributed by atoms with Crippen LogP contribution < -0.4 is 4.74 Å². The third-order valence-electron chi connectivity index (χ3n) is 4.83.